The summed E-state index contributed by atoms with van der Waals surface area (Å²) in [7, 11) is 0. The Kier molecular flexibility index (Phi) is 3.62. The number of aromatic nitrogens is 1. The Morgan fingerprint density at radius 1 is 1.73 bits per heavy atom. The normalized spacial score (nSPS) is 11.1. The van der Waals surface area contributed by atoms with Crippen LogP contribution in [0, 0.1) is 0 Å². The fourth-order valence-electron chi connectivity index (χ4n) is 0.626. The summed E-state index contributed by atoms with van der Waals surface area (Å²) in [5.41, 5.74) is 0. The van der Waals surface area contributed by atoms with Crippen molar-refractivity contribution < 1.29 is 5.11 Å². The van der Waals surface area contributed by atoms with Crippen LogP contribution in [0.25, 0.3) is 6.08 Å². The molecular formula is C7H9NOS2. The highest BCUT2D eigenvalue weighted by Crippen LogP contribution is 2.13. The highest BCUT2D eigenvalue weighted by molar-refractivity contribution is 7.80. The second-order valence-electron chi connectivity index (χ2n) is 1.91. The Morgan fingerprint density at radius 3 is 3.09 bits per heavy atom. The number of aliphatic hydroxyl groups excluding tert-OH is 1. The van der Waals surface area contributed by atoms with Gasteiger partial charge in [-0.25, -0.2) is 4.98 Å². The minimum atomic E-state index is 0.0758. The van der Waals surface area contributed by atoms with Crippen LogP contribution in [0.5, 0.6) is 0 Å². The number of rotatable bonds is 3. The van der Waals surface area contributed by atoms with Crippen LogP contribution in [0.3, 0.4) is 0 Å². The average Bonchev–Trinajstić information content (AvgIpc) is 2.48. The van der Waals surface area contributed by atoms with E-state index in [0.717, 1.165) is 9.88 Å². The van der Waals surface area contributed by atoms with Crippen LogP contribution >= 0.6 is 24.0 Å². The van der Waals surface area contributed by atoms with E-state index in [2.05, 4.69) is 17.6 Å². The van der Waals surface area contributed by atoms with Crippen LogP contribution in [0.15, 0.2) is 12.3 Å². The quantitative estimate of drug-likeness (QED) is 0.704. The molecule has 4 heteroatoms. The fraction of sp³-hybridized carbons (Fsp3) is 0.286. The summed E-state index contributed by atoms with van der Waals surface area (Å²) >= 11 is 5.51. The smallest absolute Gasteiger partial charge is 0.116 e. The van der Waals surface area contributed by atoms with Crippen LogP contribution < -0.4 is 0 Å². The van der Waals surface area contributed by atoms with Crippen LogP contribution in [0.4, 0.5) is 0 Å². The van der Waals surface area contributed by atoms with Gasteiger partial charge in [0.25, 0.3) is 0 Å². The number of aliphatic hydroxyl groups is 1. The zero-order valence-corrected chi connectivity index (χ0v) is 7.61. The minimum Gasteiger partial charge on any atom is -0.391 e. The van der Waals surface area contributed by atoms with Crippen LogP contribution in [-0.4, -0.2) is 15.8 Å². The maximum absolute atomic E-state index is 8.71. The van der Waals surface area contributed by atoms with Crippen molar-refractivity contribution in [3.63, 3.8) is 0 Å². The summed E-state index contributed by atoms with van der Waals surface area (Å²) in [5, 5.41) is 9.63. The Hall–Kier alpha value is -0.320. The second-order valence-corrected chi connectivity index (χ2v) is 3.42. The highest BCUT2D eigenvalue weighted by Gasteiger charge is 1.95. The van der Waals surface area contributed by atoms with E-state index < -0.39 is 0 Å². The lowest BCUT2D eigenvalue weighted by atomic mass is 10.5. The number of thiazole rings is 1. The summed E-state index contributed by atoms with van der Waals surface area (Å²) < 4.78 is 0. The van der Waals surface area contributed by atoms with Gasteiger partial charge in [0.15, 0.2) is 0 Å². The molecule has 0 bridgehead atoms. The molecular weight excluding hydrogens is 178 g/mol. The van der Waals surface area contributed by atoms with Crippen molar-refractivity contribution in [2.75, 3.05) is 5.75 Å². The van der Waals surface area contributed by atoms with Crippen molar-refractivity contribution >= 4 is 30.0 Å². The third-order valence-electron chi connectivity index (χ3n) is 1.09. The number of hydrogen-bond acceptors (Lipinski definition) is 4. The molecule has 1 aromatic rings. The summed E-state index contributed by atoms with van der Waals surface area (Å²) in [6, 6.07) is 0. The third-order valence-corrected chi connectivity index (χ3v) is 2.25. The number of hydrogen-bond donors (Lipinski definition) is 2. The monoisotopic (exact) mass is 187 g/mol. The van der Waals surface area contributed by atoms with Gasteiger partial charge in [-0.05, 0) is 6.08 Å². The maximum Gasteiger partial charge on any atom is 0.116 e. The SMILES string of the molecule is OCc1cnc(C=CCS)s1. The molecule has 0 atom stereocenters. The lowest BCUT2D eigenvalue weighted by Gasteiger charge is -1.81. The van der Waals surface area contributed by atoms with E-state index in [0.29, 0.717) is 5.75 Å². The van der Waals surface area contributed by atoms with Crippen LogP contribution in [0.2, 0.25) is 0 Å². The van der Waals surface area contributed by atoms with Crippen molar-refractivity contribution in [2.45, 2.75) is 6.61 Å². The van der Waals surface area contributed by atoms with Crippen molar-refractivity contribution in [3.8, 4) is 0 Å². The van der Waals surface area contributed by atoms with Gasteiger partial charge in [-0.1, -0.05) is 6.08 Å². The van der Waals surface area contributed by atoms with E-state index in [1.807, 2.05) is 12.2 Å². The lowest BCUT2D eigenvalue weighted by Crippen LogP contribution is -1.70. The Bertz CT molecular complexity index is 244. The molecule has 0 aromatic carbocycles. The molecule has 2 nitrogen and oxygen atoms in total. The zero-order valence-electron chi connectivity index (χ0n) is 5.90. The van der Waals surface area contributed by atoms with Crippen molar-refractivity contribution in [1.82, 2.24) is 4.98 Å². The number of thiol groups is 1. The molecule has 60 valence electrons. The van der Waals surface area contributed by atoms with Gasteiger partial charge in [0, 0.05) is 11.9 Å². The van der Waals surface area contributed by atoms with E-state index in [1.165, 1.54) is 11.3 Å². The van der Waals surface area contributed by atoms with Crippen molar-refractivity contribution in [2.24, 2.45) is 0 Å². The summed E-state index contributed by atoms with van der Waals surface area (Å²) in [6.07, 6.45) is 5.50. The average molecular weight is 187 g/mol. The molecule has 0 aliphatic carbocycles. The van der Waals surface area contributed by atoms with Crippen molar-refractivity contribution in [3.05, 3.63) is 22.2 Å². The minimum absolute atomic E-state index is 0.0758. The first-order valence-electron chi connectivity index (χ1n) is 3.19. The molecule has 0 spiro atoms. The molecule has 0 radical (unpaired) electrons. The topological polar surface area (TPSA) is 33.1 Å². The van der Waals surface area contributed by atoms with E-state index in [4.69, 9.17) is 5.11 Å². The molecule has 0 aliphatic heterocycles. The van der Waals surface area contributed by atoms with Gasteiger partial charge in [-0.2, -0.15) is 12.6 Å². The molecule has 1 rings (SSSR count). The van der Waals surface area contributed by atoms with Crippen LogP contribution in [-0.2, 0) is 6.61 Å². The first-order chi connectivity index (χ1) is 5.36. The highest BCUT2D eigenvalue weighted by atomic mass is 32.1. The van der Waals surface area contributed by atoms with Gasteiger partial charge < -0.3 is 5.11 Å². The summed E-state index contributed by atoms with van der Waals surface area (Å²) in [4.78, 5) is 4.95. The standard InChI is InChI=1S/C7H9NOS2/c9-5-6-4-8-7(11-6)2-1-3-10/h1-2,4,9-10H,3,5H2. The number of nitrogens with zero attached hydrogens (tertiary/aromatic N) is 1. The van der Waals surface area contributed by atoms with Gasteiger partial charge in [0.1, 0.15) is 5.01 Å². The Morgan fingerprint density at radius 2 is 2.55 bits per heavy atom. The molecule has 0 fully saturated rings. The molecule has 0 aliphatic rings. The molecule has 1 heterocycles. The molecule has 1 aromatic heterocycles. The van der Waals surface area contributed by atoms with Gasteiger partial charge in [0.05, 0.1) is 11.5 Å². The largest absolute Gasteiger partial charge is 0.391 e. The van der Waals surface area contributed by atoms with Gasteiger partial charge in [-0.3, -0.25) is 0 Å². The van der Waals surface area contributed by atoms with E-state index in [-0.39, 0.29) is 6.61 Å². The van der Waals surface area contributed by atoms with Gasteiger partial charge in [-0.15, -0.1) is 11.3 Å². The van der Waals surface area contributed by atoms with Crippen LogP contribution in [0.1, 0.15) is 9.88 Å². The maximum atomic E-state index is 8.71. The molecule has 1 N–H and O–H groups in total. The Balaban J connectivity index is 2.65. The van der Waals surface area contributed by atoms with E-state index in [9.17, 15) is 0 Å². The predicted molar refractivity (Wildman–Crippen MR) is 50.9 cm³/mol. The van der Waals surface area contributed by atoms with Gasteiger partial charge in [0.2, 0.25) is 0 Å². The third kappa shape index (κ3) is 2.65. The van der Waals surface area contributed by atoms with E-state index in [1.54, 1.807) is 6.20 Å². The molecule has 0 unspecified atom stereocenters. The van der Waals surface area contributed by atoms with Gasteiger partial charge >= 0.3 is 0 Å². The van der Waals surface area contributed by atoms with Crippen molar-refractivity contribution in [1.29, 1.82) is 0 Å². The first-order valence-corrected chi connectivity index (χ1v) is 4.64. The Labute approximate surface area is 75.0 Å². The molecule has 0 saturated carbocycles. The predicted octanol–water partition coefficient (Wildman–Crippen LogP) is 1.58. The molecule has 11 heavy (non-hydrogen) atoms. The zero-order chi connectivity index (χ0) is 8.10. The molecule has 0 amide bonds. The molecule has 0 saturated heterocycles. The summed E-state index contributed by atoms with van der Waals surface area (Å²) in [6.45, 7) is 0.0758. The first kappa shape index (κ1) is 8.77. The second kappa shape index (κ2) is 4.54. The fourth-order valence-corrected chi connectivity index (χ4v) is 1.44. The summed E-state index contributed by atoms with van der Waals surface area (Å²) in [5.74, 6) is 0.716. The van der Waals surface area contributed by atoms with E-state index >= 15 is 0 Å². The lowest BCUT2D eigenvalue weighted by molar-refractivity contribution is 0.285.